The lowest BCUT2D eigenvalue weighted by Gasteiger charge is -2.58. The zero-order chi connectivity index (χ0) is 18.5. The van der Waals surface area contributed by atoms with E-state index in [0.29, 0.717) is 17.7 Å². The van der Waals surface area contributed by atoms with Crippen LogP contribution in [0, 0.1) is 17.8 Å². The molecular weight excluding hydrogens is 406 g/mol. The summed E-state index contributed by atoms with van der Waals surface area (Å²) in [5, 5.41) is 0. The number of halogens is 1. The number of rotatable bonds is 3. The van der Waals surface area contributed by atoms with E-state index in [4.69, 9.17) is 9.47 Å². The van der Waals surface area contributed by atoms with Crippen molar-refractivity contribution in [2.24, 2.45) is 17.8 Å². The molecule has 4 nitrogen and oxygen atoms in total. The maximum Gasteiger partial charge on any atom is 0.177 e. The van der Waals surface area contributed by atoms with Crippen LogP contribution in [-0.4, -0.2) is 43.0 Å². The monoisotopic (exact) mass is 431 g/mol. The van der Waals surface area contributed by atoms with Crippen LogP contribution in [0.15, 0.2) is 10.5 Å². The van der Waals surface area contributed by atoms with Gasteiger partial charge in [0.15, 0.2) is 23.4 Å². The molecule has 5 aliphatic rings. The van der Waals surface area contributed by atoms with Gasteiger partial charge in [-0.15, -0.1) is 0 Å². The Morgan fingerprint density at radius 2 is 2.22 bits per heavy atom. The number of carbonyl (C=O) groups excluding carboxylic acids is 1. The van der Waals surface area contributed by atoms with Crippen molar-refractivity contribution in [1.82, 2.24) is 4.90 Å². The molecule has 6 rings (SSSR count). The van der Waals surface area contributed by atoms with Crippen molar-refractivity contribution in [2.75, 3.05) is 20.2 Å². The van der Waals surface area contributed by atoms with Crippen LogP contribution in [0.25, 0.3) is 0 Å². The molecule has 0 radical (unpaired) electrons. The third-order valence-electron chi connectivity index (χ3n) is 8.05. The molecule has 3 aliphatic carbocycles. The van der Waals surface area contributed by atoms with Gasteiger partial charge in [-0.25, -0.2) is 0 Å². The number of ether oxygens (including phenoxy) is 2. The molecule has 0 N–H and O–H groups in total. The molecule has 1 spiro atoms. The number of carbonyl (C=O) groups is 1. The Morgan fingerprint density at radius 3 is 2.96 bits per heavy atom. The lowest BCUT2D eigenvalue weighted by Crippen LogP contribution is -2.67. The molecule has 2 heterocycles. The van der Waals surface area contributed by atoms with Gasteiger partial charge >= 0.3 is 0 Å². The highest BCUT2D eigenvalue weighted by molar-refractivity contribution is 9.10. The Morgan fingerprint density at radius 1 is 1.41 bits per heavy atom. The van der Waals surface area contributed by atoms with Crippen LogP contribution in [0.3, 0.4) is 0 Å². The van der Waals surface area contributed by atoms with Gasteiger partial charge in [0.05, 0.1) is 7.11 Å². The van der Waals surface area contributed by atoms with Gasteiger partial charge < -0.3 is 9.47 Å². The molecule has 2 saturated carbocycles. The number of Topliss-reactive ketones (excluding diaryl/α,β-unsaturated/α-hetero) is 1. The van der Waals surface area contributed by atoms with Crippen LogP contribution in [0.4, 0.5) is 0 Å². The van der Waals surface area contributed by atoms with Crippen molar-refractivity contribution in [3.63, 3.8) is 0 Å². The van der Waals surface area contributed by atoms with E-state index in [1.807, 2.05) is 6.07 Å². The number of nitrogens with zero attached hydrogens (tertiary/aromatic N) is 1. The average Bonchev–Trinajstić information content (AvgIpc) is 3.40. The van der Waals surface area contributed by atoms with E-state index < -0.39 is 0 Å². The Labute approximate surface area is 168 Å². The summed E-state index contributed by atoms with van der Waals surface area (Å²) in [6.07, 6.45) is 5.54. The maximum absolute atomic E-state index is 13.2. The second-order valence-corrected chi connectivity index (χ2v) is 10.2. The molecule has 144 valence electrons. The van der Waals surface area contributed by atoms with E-state index in [-0.39, 0.29) is 17.4 Å². The normalized spacial score (nSPS) is 39.1. The Bertz CT molecular complexity index is 850. The van der Waals surface area contributed by atoms with Crippen molar-refractivity contribution in [3.8, 4) is 11.5 Å². The molecular formula is C22H26BrNO3. The number of piperidine rings is 1. The molecule has 1 aromatic rings. The van der Waals surface area contributed by atoms with Gasteiger partial charge in [-0.1, -0.05) is 22.9 Å². The number of likely N-dealkylation sites (tertiary alicyclic amines) is 1. The highest BCUT2D eigenvalue weighted by Crippen LogP contribution is 2.65. The van der Waals surface area contributed by atoms with Crippen LogP contribution in [0.1, 0.15) is 43.7 Å². The zero-order valence-corrected chi connectivity index (χ0v) is 17.5. The molecule has 2 bridgehead atoms. The topological polar surface area (TPSA) is 38.8 Å². The molecule has 0 aromatic heterocycles. The highest BCUT2D eigenvalue weighted by atomic mass is 79.9. The summed E-state index contributed by atoms with van der Waals surface area (Å²) in [4.78, 5) is 16.0. The van der Waals surface area contributed by atoms with Gasteiger partial charge in [0.1, 0.15) is 0 Å². The minimum absolute atomic E-state index is 0.0850. The zero-order valence-electron chi connectivity index (χ0n) is 16.0. The van der Waals surface area contributed by atoms with E-state index in [0.717, 1.165) is 47.7 Å². The Hall–Kier alpha value is -1.07. The molecule has 0 amide bonds. The summed E-state index contributed by atoms with van der Waals surface area (Å²) in [5.74, 6) is 3.40. The van der Waals surface area contributed by atoms with Crippen LogP contribution < -0.4 is 9.47 Å². The fraction of sp³-hybridized carbons (Fsp3) is 0.682. The number of ketones is 1. The van der Waals surface area contributed by atoms with Crippen LogP contribution >= 0.6 is 15.9 Å². The number of hydrogen-bond donors (Lipinski definition) is 0. The van der Waals surface area contributed by atoms with Gasteiger partial charge in [-0.05, 0) is 62.1 Å². The van der Waals surface area contributed by atoms with Crippen LogP contribution in [0.2, 0.25) is 0 Å². The average molecular weight is 432 g/mol. The third-order valence-corrected chi connectivity index (χ3v) is 8.76. The highest BCUT2D eigenvalue weighted by Gasteiger charge is 2.67. The largest absolute Gasteiger partial charge is 0.493 e. The standard InChI is InChI=1S/C22H26BrNO3/c1-11-7-14-16-8-13-15(23)9-17(26-2)20-18(13)22(14,21(27-20)19(11)25)5-6-24(16)10-12-3-4-12/h9,11-12,14,16,21H,3-8,10H2,1-2H3/t11?,14-,16+,21?,22-/m0/s1. The lowest BCUT2D eigenvalue weighted by atomic mass is 9.50. The quantitative estimate of drug-likeness (QED) is 0.730. The predicted octanol–water partition coefficient (Wildman–Crippen LogP) is 3.72. The van der Waals surface area contributed by atoms with E-state index in [1.54, 1.807) is 7.11 Å². The molecule has 27 heavy (non-hydrogen) atoms. The summed E-state index contributed by atoms with van der Waals surface area (Å²) in [6, 6.07) is 2.57. The first kappa shape index (κ1) is 16.8. The van der Waals surface area contributed by atoms with Crippen molar-refractivity contribution in [3.05, 3.63) is 21.7 Å². The van der Waals surface area contributed by atoms with Crippen molar-refractivity contribution < 1.29 is 14.3 Å². The minimum Gasteiger partial charge on any atom is -0.493 e. The van der Waals surface area contributed by atoms with Crippen molar-refractivity contribution >= 4 is 21.7 Å². The van der Waals surface area contributed by atoms with Gasteiger partial charge in [-0.2, -0.15) is 0 Å². The van der Waals surface area contributed by atoms with Crippen molar-refractivity contribution in [1.29, 1.82) is 0 Å². The fourth-order valence-corrected chi connectivity index (χ4v) is 7.22. The van der Waals surface area contributed by atoms with Crippen LogP contribution in [-0.2, 0) is 16.6 Å². The molecule has 5 heteroatoms. The molecule has 1 saturated heterocycles. The van der Waals surface area contributed by atoms with E-state index in [1.165, 1.54) is 30.5 Å². The minimum atomic E-state index is -0.325. The van der Waals surface area contributed by atoms with E-state index >= 15 is 0 Å². The molecule has 2 unspecified atom stereocenters. The number of hydrogen-bond acceptors (Lipinski definition) is 4. The predicted molar refractivity (Wildman–Crippen MR) is 105 cm³/mol. The second-order valence-electron chi connectivity index (χ2n) is 9.39. The molecule has 3 fully saturated rings. The van der Waals surface area contributed by atoms with Crippen LogP contribution in [0.5, 0.6) is 11.5 Å². The van der Waals surface area contributed by atoms with Gasteiger partial charge in [0, 0.05) is 34.0 Å². The van der Waals surface area contributed by atoms with Gasteiger partial charge in [-0.3, -0.25) is 9.69 Å². The number of benzene rings is 1. The summed E-state index contributed by atoms with van der Waals surface area (Å²) < 4.78 is 13.2. The van der Waals surface area contributed by atoms with E-state index in [2.05, 4.69) is 27.8 Å². The van der Waals surface area contributed by atoms with Gasteiger partial charge in [0.25, 0.3) is 0 Å². The second kappa shape index (κ2) is 5.50. The summed E-state index contributed by atoms with van der Waals surface area (Å²) >= 11 is 3.82. The molecule has 1 aromatic carbocycles. The molecule has 5 atom stereocenters. The first-order valence-corrected chi connectivity index (χ1v) is 11.2. The Kier molecular flexibility index (Phi) is 3.43. The third kappa shape index (κ3) is 2.05. The summed E-state index contributed by atoms with van der Waals surface area (Å²) in [6.45, 7) is 4.43. The first-order chi connectivity index (χ1) is 13.0. The smallest absolute Gasteiger partial charge is 0.177 e. The van der Waals surface area contributed by atoms with E-state index in [9.17, 15) is 4.79 Å². The van der Waals surface area contributed by atoms with Gasteiger partial charge in [0.2, 0.25) is 0 Å². The first-order valence-electron chi connectivity index (χ1n) is 10.4. The summed E-state index contributed by atoms with van der Waals surface area (Å²) in [7, 11) is 1.69. The lowest BCUT2D eigenvalue weighted by molar-refractivity contribution is -0.144. The SMILES string of the molecule is COc1cc(Br)c2c3c1OC1C(=O)C(C)C[C@H]4[C@@H](C2)N(CC2CC2)CC[C@]314. The number of methoxy groups -OCH3 is 1. The fourth-order valence-electron chi connectivity index (χ4n) is 6.65. The maximum atomic E-state index is 13.2. The molecule has 2 aliphatic heterocycles. The summed E-state index contributed by atoms with van der Waals surface area (Å²) in [5.41, 5.74) is 2.51. The van der Waals surface area contributed by atoms with Crippen molar-refractivity contribution in [2.45, 2.75) is 56.6 Å². The Balaban J connectivity index is 1.56.